The maximum atomic E-state index is 12.8. The smallest absolute Gasteiger partial charge is 0.337 e. The Balaban J connectivity index is 2.08. The van der Waals surface area contributed by atoms with E-state index in [9.17, 15) is 14.7 Å². The van der Waals surface area contributed by atoms with Gasteiger partial charge < -0.3 is 14.7 Å². The lowest BCUT2D eigenvalue weighted by Gasteiger charge is -2.23. The number of fused-ring (bicyclic) bond motifs is 1. The van der Waals surface area contributed by atoms with Crippen molar-refractivity contribution in [2.24, 2.45) is 0 Å². The molecule has 0 unspecified atom stereocenters. The van der Waals surface area contributed by atoms with E-state index in [0.29, 0.717) is 23.7 Å². The number of benzene rings is 2. The molecule has 0 saturated heterocycles. The summed E-state index contributed by atoms with van der Waals surface area (Å²) >= 11 is 6.34. The molecule has 3 rings (SSSR count). The van der Waals surface area contributed by atoms with Crippen molar-refractivity contribution >= 4 is 39.9 Å². The fourth-order valence-corrected chi connectivity index (χ4v) is 3.32. The molecule has 0 bridgehead atoms. The molecule has 0 aliphatic carbocycles. The first-order valence-electron chi connectivity index (χ1n) is 8.13. The number of aliphatic hydroxyl groups excluding tert-OH is 1. The maximum Gasteiger partial charge on any atom is 0.337 e. The number of esters is 1. The molecule has 1 N–H and O–H groups in total. The lowest BCUT2D eigenvalue weighted by molar-refractivity contribution is -0.139. The number of ether oxygens (including phenoxy) is 1. The van der Waals surface area contributed by atoms with Gasteiger partial charge in [-0.15, -0.1) is 0 Å². The second-order valence-corrected chi connectivity index (χ2v) is 6.13. The van der Waals surface area contributed by atoms with Crippen LogP contribution in [-0.4, -0.2) is 30.1 Å². The van der Waals surface area contributed by atoms with E-state index < -0.39 is 17.6 Å². The second-order valence-electron chi connectivity index (χ2n) is 5.72. The molecule has 0 aromatic heterocycles. The van der Waals surface area contributed by atoms with Gasteiger partial charge in [0.05, 0.1) is 22.9 Å². The molecule has 0 atom stereocenters. The van der Waals surface area contributed by atoms with Crippen LogP contribution in [0.4, 0.5) is 5.69 Å². The molecule has 1 amide bonds. The minimum absolute atomic E-state index is 0.0284. The second kappa shape index (κ2) is 7.15. The van der Waals surface area contributed by atoms with Crippen LogP contribution in [0, 0.1) is 0 Å². The topological polar surface area (TPSA) is 66.8 Å². The Kier molecular flexibility index (Phi) is 4.95. The van der Waals surface area contributed by atoms with Crippen molar-refractivity contribution in [2.45, 2.75) is 19.8 Å². The molecule has 25 heavy (non-hydrogen) atoms. The molecule has 130 valence electrons. The van der Waals surface area contributed by atoms with Crippen molar-refractivity contribution in [3.05, 3.63) is 52.8 Å². The molecule has 0 saturated carbocycles. The zero-order chi connectivity index (χ0) is 18.0. The number of amides is 1. The number of carbonyl (C=O) groups is 2. The van der Waals surface area contributed by atoms with Crippen LogP contribution in [0.1, 0.15) is 19.8 Å². The summed E-state index contributed by atoms with van der Waals surface area (Å²) in [6.07, 6.45) is 0.816. The van der Waals surface area contributed by atoms with Crippen LogP contribution in [0.25, 0.3) is 10.8 Å². The summed E-state index contributed by atoms with van der Waals surface area (Å²) in [6.45, 7) is 2.24. The van der Waals surface area contributed by atoms with E-state index in [-0.39, 0.29) is 18.6 Å². The minimum atomic E-state index is -0.647. The third kappa shape index (κ3) is 3.20. The molecule has 0 spiro atoms. The van der Waals surface area contributed by atoms with E-state index in [1.165, 1.54) is 4.90 Å². The summed E-state index contributed by atoms with van der Waals surface area (Å²) in [7, 11) is 0. The van der Waals surface area contributed by atoms with Crippen LogP contribution in [0.5, 0.6) is 0 Å². The zero-order valence-electron chi connectivity index (χ0n) is 13.8. The summed E-state index contributed by atoms with van der Waals surface area (Å²) in [6, 6.07) is 11.0. The number of hydrogen-bond donors (Lipinski definition) is 1. The summed E-state index contributed by atoms with van der Waals surface area (Å²) in [4.78, 5) is 26.2. The SMILES string of the molecule is CCOC(=O)C1=C(O)C(=O)N(c2cccc3cccc(Cl)c23)CCC1. The van der Waals surface area contributed by atoms with Crippen molar-refractivity contribution in [1.29, 1.82) is 0 Å². The van der Waals surface area contributed by atoms with Crippen LogP contribution in [0.3, 0.4) is 0 Å². The Labute approximate surface area is 150 Å². The van der Waals surface area contributed by atoms with E-state index in [2.05, 4.69) is 0 Å². The number of hydrogen-bond acceptors (Lipinski definition) is 4. The molecular weight excluding hydrogens is 342 g/mol. The van der Waals surface area contributed by atoms with Gasteiger partial charge in [0, 0.05) is 11.9 Å². The highest BCUT2D eigenvalue weighted by Crippen LogP contribution is 2.34. The van der Waals surface area contributed by atoms with Crippen molar-refractivity contribution < 1.29 is 19.4 Å². The van der Waals surface area contributed by atoms with Gasteiger partial charge in [0.25, 0.3) is 5.91 Å². The lowest BCUT2D eigenvalue weighted by atomic mass is 10.1. The first-order chi connectivity index (χ1) is 12.0. The minimum Gasteiger partial charge on any atom is -0.503 e. The first-order valence-corrected chi connectivity index (χ1v) is 8.50. The van der Waals surface area contributed by atoms with Crippen LogP contribution < -0.4 is 4.90 Å². The van der Waals surface area contributed by atoms with E-state index in [1.807, 2.05) is 24.3 Å². The molecule has 1 aliphatic rings. The Morgan fingerprint density at radius 2 is 2.00 bits per heavy atom. The average Bonchev–Trinajstić information content (AvgIpc) is 2.75. The van der Waals surface area contributed by atoms with Crippen LogP contribution in [0.2, 0.25) is 5.02 Å². The van der Waals surface area contributed by atoms with E-state index >= 15 is 0 Å². The highest BCUT2D eigenvalue weighted by Gasteiger charge is 2.30. The Morgan fingerprint density at radius 3 is 2.72 bits per heavy atom. The van der Waals surface area contributed by atoms with E-state index in [1.54, 1.807) is 19.1 Å². The van der Waals surface area contributed by atoms with Gasteiger partial charge in [0.1, 0.15) is 0 Å². The Morgan fingerprint density at radius 1 is 1.28 bits per heavy atom. The number of aliphatic hydroxyl groups is 1. The van der Waals surface area contributed by atoms with Gasteiger partial charge in [0.15, 0.2) is 5.76 Å². The fourth-order valence-electron chi connectivity index (χ4n) is 3.04. The highest BCUT2D eigenvalue weighted by molar-refractivity contribution is 6.37. The van der Waals surface area contributed by atoms with E-state index in [4.69, 9.17) is 16.3 Å². The zero-order valence-corrected chi connectivity index (χ0v) is 14.5. The third-order valence-electron chi connectivity index (χ3n) is 4.19. The van der Waals surface area contributed by atoms with Gasteiger partial charge in [-0.2, -0.15) is 0 Å². The third-order valence-corrected chi connectivity index (χ3v) is 4.50. The number of anilines is 1. The summed E-state index contributed by atoms with van der Waals surface area (Å²) in [5, 5.41) is 12.5. The van der Waals surface area contributed by atoms with Crippen molar-refractivity contribution in [1.82, 2.24) is 0 Å². The fraction of sp³-hybridized carbons (Fsp3) is 0.263. The quantitative estimate of drug-likeness (QED) is 0.841. The standard InChI is InChI=1S/C19H18ClNO4/c1-2-25-19(24)13-8-5-11-21(18(23)17(13)22)15-10-4-7-12-6-3-9-14(20)16(12)15/h3-4,6-7,9-10,22H,2,5,8,11H2,1H3. The van der Waals surface area contributed by atoms with Crippen molar-refractivity contribution in [3.63, 3.8) is 0 Å². The first kappa shape index (κ1) is 17.3. The van der Waals surface area contributed by atoms with Crippen LogP contribution >= 0.6 is 11.6 Å². The highest BCUT2D eigenvalue weighted by atomic mass is 35.5. The largest absolute Gasteiger partial charge is 0.503 e. The molecular formula is C19H18ClNO4. The molecule has 0 fully saturated rings. The molecule has 6 heteroatoms. The molecule has 2 aromatic carbocycles. The monoisotopic (exact) mass is 359 g/mol. The summed E-state index contributed by atoms with van der Waals surface area (Å²) in [5.74, 6) is -1.82. The average molecular weight is 360 g/mol. The number of carbonyl (C=O) groups excluding carboxylic acids is 2. The van der Waals surface area contributed by atoms with Gasteiger partial charge in [-0.05, 0) is 37.3 Å². The van der Waals surface area contributed by atoms with Crippen molar-refractivity contribution in [2.75, 3.05) is 18.1 Å². The van der Waals surface area contributed by atoms with Gasteiger partial charge in [-0.25, -0.2) is 4.79 Å². The molecule has 2 aromatic rings. The lowest BCUT2D eigenvalue weighted by Crippen LogP contribution is -2.32. The predicted octanol–water partition coefficient (Wildman–Crippen LogP) is 4.00. The molecule has 0 radical (unpaired) electrons. The molecule has 1 aliphatic heterocycles. The normalized spacial score (nSPS) is 15.4. The van der Waals surface area contributed by atoms with Gasteiger partial charge in [0.2, 0.25) is 0 Å². The Bertz CT molecular complexity index is 870. The number of rotatable bonds is 3. The molecule has 1 heterocycles. The van der Waals surface area contributed by atoms with Crippen LogP contribution in [-0.2, 0) is 14.3 Å². The van der Waals surface area contributed by atoms with Gasteiger partial charge >= 0.3 is 5.97 Å². The summed E-state index contributed by atoms with van der Waals surface area (Å²) in [5.41, 5.74) is 0.644. The van der Waals surface area contributed by atoms with Gasteiger partial charge in [-0.1, -0.05) is 35.9 Å². The Hall–Kier alpha value is -2.53. The number of halogens is 1. The predicted molar refractivity (Wildman–Crippen MR) is 96.8 cm³/mol. The van der Waals surface area contributed by atoms with Crippen LogP contribution in [0.15, 0.2) is 47.7 Å². The summed E-state index contributed by atoms with van der Waals surface area (Å²) < 4.78 is 4.94. The van der Waals surface area contributed by atoms with Gasteiger partial charge in [-0.3, -0.25) is 4.79 Å². The molecule has 5 nitrogen and oxygen atoms in total. The van der Waals surface area contributed by atoms with E-state index in [0.717, 1.165) is 10.8 Å². The maximum absolute atomic E-state index is 12.8. The number of nitrogens with zero attached hydrogens (tertiary/aromatic N) is 1. The van der Waals surface area contributed by atoms with Crippen molar-refractivity contribution in [3.8, 4) is 0 Å².